The highest BCUT2D eigenvalue weighted by Crippen LogP contribution is 2.27. The Morgan fingerprint density at radius 3 is 3.03 bits per heavy atom. The zero-order chi connectivity index (χ0) is 20.2. The minimum absolute atomic E-state index is 0.0576. The zero-order valence-electron chi connectivity index (χ0n) is 16.4. The Balaban J connectivity index is 1.43. The van der Waals surface area contributed by atoms with Crippen LogP contribution in [-0.4, -0.2) is 53.0 Å². The SMILES string of the molecule is COc1nc2c(cc1CNC(=O)[C@H]1CCCO1)C(=O)N(CCc1ccccn1)C2. The van der Waals surface area contributed by atoms with E-state index in [-0.39, 0.29) is 18.4 Å². The molecule has 0 spiro atoms. The number of hydrogen-bond acceptors (Lipinski definition) is 6. The van der Waals surface area contributed by atoms with Gasteiger partial charge in [-0.25, -0.2) is 4.98 Å². The van der Waals surface area contributed by atoms with Crippen LogP contribution in [0.4, 0.5) is 0 Å². The van der Waals surface area contributed by atoms with Gasteiger partial charge in [0, 0.05) is 43.6 Å². The number of carbonyl (C=O) groups excluding carboxylic acids is 2. The van der Waals surface area contributed by atoms with Gasteiger partial charge >= 0.3 is 0 Å². The van der Waals surface area contributed by atoms with Gasteiger partial charge in [-0.3, -0.25) is 14.6 Å². The molecule has 1 saturated heterocycles. The number of ether oxygens (including phenoxy) is 2. The van der Waals surface area contributed by atoms with Crippen molar-refractivity contribution in [1.29, 1.82) is 0 Å². The second-order valence-corrected chi connectivity index (χ2v) is 7.17. The molecule has 0 aromatic carbocycles. The van der Waals surface area contributed by atoms with Gasteiger partial charge in [0.25, 0.3) is 5.91 Å². The molecule has 2 aromatic heterocycles. The van der Waals surface area contributed by atoms with Crippen LogP contribution in [0.3, 0.4) is 0 Å². The lowest BCUT2D eigenvalue weighted by Gasteiger charge is -2.14. The molecule has 8 nitrogen and oxygen atoms in total. The third kappa shape index (κ3) is 4.22. The van der Waals surface area contributed by atoms with Crippen molar-refractivity contribution in [1.82, 2.24) is 20.2 Å². The standard InChI is InChI=1S/C21H24N4O4/c1-28-20-14(12-23-19(26)18-6-4-10-29-18)11-16-17(24-20)13-25(21(16)27)9-7-15-5-2-3-8-22-15/h2-3,5,8,11,18H,4,6-7,9-10,12-13H2,1H3,(H,23,26)/t18-/m1/s1. The lowest BCUT2D eigenvalue weighted by molar-refractivity contribution is -0.130. The summed E-state index contributed by atoms with van der Waals surface area (Å²) in [6.45, 7) is 1.87. The van der Waals surface area contributed by atoms with E-state index in [1.54, 1.807) is 17.2 Å². The first kappa shape index (κ1) is 19.3. The maximum atomic E-state index is 12.8. The van der Waals surface area contributed by atoms with Crippen LogP contribution in [0.5, 0.6) is 5.88 Å². The molecule has 2 amide bonds. The van der Waals surface area contributed by atoms with Crippen LogP contribution in [0.25, 0.3) is 0 Å². The summed E-state index contributed by atoms with van der Waals surface area (Å²) >= 11 is 0. The van der Waals surface area contributed by atoms with Gasteiger partial charge in [0.1, 0.15) is 6.10 Å². The highest BCUT2D eigenvalue weighted by atomic mass is 16.5. The van der Waals surface area contributed by atoms with E-state index in [0.29, 0.717) is 48.8 Å². The molecule has 1 atom stereocenters. The van der Waals surface area contributed by atoms with E-state index < -0.39 is 6.10 Å². The number of carbonyl (C=O) groups is 2. The summed E-state index contributed by atoms with van der Waals surface area (Å²) in [7, 11) is 1.54. The Labute approximate surface area is 169 Å². The summed E-state index contributed by atoms with van der Waals surface area (Å²) in [6, 6.07) is 7.53. The van der Waals surface area contributed by atoms with Crippen molar-refractivity contribution in [2.24, 2.45) is 0 Å². The first-order valence-electron chi connectivity index (χ1n) is 9.81. The number of amides is 2. The summed E-state index contributed by atoms with van der Waals surface area (Å²) in [5, 5.41) is 2.86. The van der Waals surface area contributed by atoms with Crippen molar-refractivity contribution in [2.45, 2.75) is 38.5 Å². The summed E-state index contributed by atoms with van der Waals surface area (Å²) in [5.41, 5.74) is 2.88. The van der Waals surface area contributed by atoms with E-state index in [2.05, 4.69) is 15.3 Å². The predicted octanol–water partition coefficient (Wildman–Crippen LogP) is 1.48. The molecule has 0 saturated carbocycles. The normalized spacial score (nSPS) is 18.0. The molecule has 29 heavy (non-hydrogen) atoms. The number of pyridine rings is 2. The van der Waals surface area contributed by atoms with Crippen molar-refractivity contribution < 1.29 is 19.1 Å². The number of aromatic nitrogens is 2. The smallest absolute Gasteiger partial charge is 0.256 e. The highest BCUT2D eigenvalue weighted by Gasteiger charge is 2.30. The first-order chi connectivity index (χ1) is 14.2. The molecular formula is C21H24N4O4. The van der Waals surface area contributed by atoms with Crippen molar-refractivity contribution >= 4 is 11.8 Å². The summed E-state index contributed by atoms with van der Waals surface area (Å²) in [5.74, 6) is 0.224. The third-order valence-corrected chi connectivity index (χ3v) is 5.23. The van der Waals surface area contributed by atoms with E-state index in [1.165, 1.54) is 7.11 Å². The van der Waals surface area contributed by atoms with Gasteiger partial charge in [0.05, 0.1) is 24.9 Å². The minimum Gasteiger partial charge on any atom is -0.481 e. The fraction of sp³-hybridized carbons (Fsp3) is 0.429. The molecule has 0 bridgehead atoms. The van der Waals surface area contributed by atoms with Gasteiger partial charge in [-0.2, -0.15) is 0 Å². The van der Waals surface area contributed by atoms with Crippen molar-refractivity contribution in [3.63, 3.8) is 0 Å². The number of methoxy groups -OCH3 is 1. The number of nitrogens with zero attached hydrogens (tertiary/aromatic N) is 3. The maximum absolute atomic E-state index is 12.8. The molecule has 8 heteroatoms. The van der Waals surface area contributed by atoms with Crippen LogP contribution in [0.2, 0.25) is 0 Å². The van der Waals surface area contributed by atoms with Gasteiger partial charge in [-0.05, 0) is 31.0 Å². The second-order valence-electron chi connectivity index (χ2n) is 7.17. The Hall–Kier alpha value is -3.00. The molecule has 2 aliphatic heterocycles. The Kier molecular flexibility index (Phi) is 5.71. The zero-order valence-corrected chi connectivity index (χ0v) is 16.4. The van der Waals surface area contributed by atoms with E-state index in [1.807, 2.05) is 18.2 Å². The molecule has 1 fully saturated rings. The van der Waals surface area contributed by atoms with Crippen LogP contribution < -0.4 is 10.1 Å². The maximum Gasteiger partial charge on any atom is 0.256 e. The summed E-state index contributed by atoms with van der Waals surface area (Å²) < 4.78 is 10.8. The van der Waals surface area contributed by atoms with E-state index in [0.717, 1.165) is 18.5 Å². The largest absolute Gasteiger partial charge is 0.481 e. The number of nitrogens with one attached hydrogen (secondary N) is 1. The Morgan fingerprint density at radius 1 is 1.41 bits per heavy atom. The Morgan fingerprint density at radius 2 is 2.31 bits per heavy atom. The van der Waals surface area contributed by atoms with Gasteiger partial charge in [-0.1, -0.05) is 6.07 Å². The number of rotatable bonds is 7. The van der Waals surface area contributed by atoms with Crippen molar-refractivity contribution in [2.75, 3.05) is 20.3 Å². The number of hydrogen-bond donors (Lipinski definition) is 1. The average molecular weight is 396 g/mol. The van der Waals surface area contributed by atoms with Crippen LogP contribution in [-0.2, 0) is 29.0 Å². The van der Waals surface area contributed by atoms with Crippen molar-refractivity contribution in [3.05, 3.63) is 53.0 Å². The molecule has 0 radical (unpaired) electrons. The molecule has 0 aliphatic carbocycles. The topological polar surface area (TPSA) is 93.7 Å². The van der Waals surface area contributed by atoms with E-state index in [9.17, 15) is 9.59 Å². The Bertz CT molecular complexity index is 897. The lowest BCUT2D eigenvalue weighted by atomic mass is 10.1. The second kappa shape index (κ2) is 8.57. The monoisotopic (exact) mass is 396 g/mol. The van der Waals surface area contributed by atoms with Crippen LogP contribution in [0.1, 0.15) is 40.2 Å². The average Bonchev–Trinajstić information content (AvgIpc) is 3.39. The fourth-order valence-corrected chi connectivity index (χ4v) is 3.66. The first-order valence-corrected chi connectivity index (χ1v) is 9.81. The van der Waals surface area contributed by atoms with E-state index in [4.69, 9.17) is 9.47 Å². The van der Waals surface area contributed by atoms with Gasteiger partial charge in [0.15, 0.2) is 0 Å². The molecule has 4 heterocycles. The van der Waals surface area contributed by atoms with Crippen LogP contribution >= 0.6 is 0 Å². The summed E-state index contributed by atoms with van der Waals surface area (Å²) in [6.07, 6.45) is 3.66. The molecule has 152 valence electrons. The van der Waals surface area contributed by atoms with Gasteiger partial charge in [-0.15, -0.1) is 0 Å². The molecule has 2 aromatic rings. The minimum atomic E-state index is -0.396. The fourth-order valence-electron chi connectivity index (χ4n) is 3.66. The molecule has 4 rings (SSSR count). The van der Waals surface area contributed by atoms with Gasteiger partial charge in [0.2, 0.25) is 11.8 Å². The van der Waals surface area contributed by atoms with E-state index >= 15 is 0 Å². The highest BCUT2D eigenvalue weighted by molar-refractivity contribution is 5.98. The summed E-state index contributed by atoms with van der Waals surface area (Å²) in [4.78, 5) is 35.6. The third-order valence-electron chi connectivity index (χ3n) is 5.23. The predicted molar refractivity (Wildman–Crippen MR) is 104 cm³/mol. The van der Waals surface area contributed by atoms with Crippen molar-refractivity contribution in [3.8, 4) is 5.88 Å². The molecule has 1 N–H and O–H groups in total. The van der Waals surface area contributed by atoms with Crippen LogP contribution in [0.15, 0.2) is 30.5 Å². The van der Waals surface area contributed by atoms with Crippen LogP contribution in [0, 0.1) is 0 Å². The molecule has 2 aliphatic rings. The van der Waals surface area contributed by atoms with Gasteiger partial charge < -0.3 is 19.7 Å². The lowest BCUT2D eigenvalue weighted by Crippen LogP contribution is -2.33. The molecular weight excluding hydrogens is 372 g/mol. The quantitative estimate of drug-likeness (QED) is 0.762. The number of fused-ring (bicyclic) bond motifs is 1. The molecule has 0 unspecified atom stereocenters.